The fraction of sp³-hybridized carbons (Fsp3) is 0.562. The van der Waals surface area contributed by atoms with E-state index in [4.69, 9.17) is 0 Å². The molecule has 0 N–H and O–H groups in total. The molecule has 2 heterocycles. The zero-order chi connectivity index (χ0) is 18.4. The molecule has 0 atom stereocenters. The zero-order valence-electron chi connectivity index (χ0n) is 14.3. The van der Waals surface area contributed by atoms with Crippen molar-refractivity contribution in [3.8, 4) is 0 Å². The van der Waals surface area contributed by atoms with Gasteiger partial charge in [0, 0.05) is 19.5 Å². The van der Waals surface area contributed by atoms with Crippen LogP contribution in [-0.4, -0.2) is 45.9 Å². The van der Waals surface area contributed by atoms with E-state index in [0.717, 1.165) is 17.1 Å². The number of amides is 1. The highest BCUT2D eigenvalue weighted by atomic mass is 32.2. The maximum atomic E-state index is 13.0. The summed E-state index contributed by atoms with van der Waals surface area (Å²) in [5.74, 6) is -0.281. The molecule has 138 valence electrons. The van der Waals surface area contributed by atoms with Crippen LogP contribution in [0.2, 0.25) is 0 Å². The number of nitrogens with zero attached hydrogens (tertiary/aromatic N) is 2. The molecule has 2 aliphatic heterocycles. The first kappa shape index (κ1) is 18.3. The Hall–Kier alpha value is -1.45. The number of sulfonamides is 2. The Kier molecular flexibility index (Phi) is 4.67. The molecule has 2 fully saturated rings. The van der Waals surface area contributed by atoms with Crippen LogP contribution in [0.25, 0.3) is 0 Å². The lowest BCUT2D eigenvalue weighted by Crippen LogP contribution is -2.38. The lowest BCUT2D eigenvalue weighted by Gasteiger charge is -2.30. The highest BCUT2D eigenvalue weighted by molar-refractivity contribution is 7.94. The summed E-state index contributed by atoms with van der Waals surface area (Å²) in [5.41, 5.74) is 0.628. The summed E-state index contributed by atoms with van der Waals surface area (Å²) in [6.45, 7) is 4.67. The number of hydrogen-bond donors (Lipinski definition) is 0. The summed E-state index contributed by atoms with van der Waals surface area (Å²) >= 11 is 0. The molecule has 2 saturated heterocycles. The zero-order valence-corrected chi connectivity index (χ0v) is 15.9. The van der Waals surface area contributed by atoms with Crippen molar-refractivity contribution < 1.29 is 21.6 Å². The second kappa shape index (κ2) is 6.37. The second-order valence-corrected chi connectivity index (χ2v) is 10.6. The lowest BCUT2D eigenvalue weighted by molar-refractivity contribution is -0.116. The molecule has 1 aromatic carbocycles. The molecule has 9 heteroatoms. The van der Waals surface area contributed by atoms with Gasteiger partial charge >= 0.3 is 0 Å². The van der Waals surface area contributed by atoms with E-state index in [1.807, 2.05) is 0 Å². The van der Waals surface area contributed by atoms with Gasteiger partial charge in [-0.2, -0.15) is 4.31 Å². The van der Waals surface area contributed by atoms with E-state index in [1.54, 1.807) is 13.0 Å². The Morgan fingerprint density at radius 1 is 1.16 bits per heavy atom. The Bertz CT molecular complexity index is 900. The van der Waals surface area contributed by atoms with Gasteiger partial charge in [-0.25, -0.2) is 21.1 Å². The van der Waals surface area contributed by atoms with Crippen LogP contribution in [0.15, 0.2) is 23.1 Å². The number of anilines is 1. The Balaban J connectivity index is 2.01. The lowest BCUT2D eigenvalue weighted by atomic mass is 10.0. The van der Waals surface area contributed by atoms with E-state index in [9.17, 15) is 21.6 Å². The fourth-order valence-corrected chi connectivity index (χ4v) is 6.39. The number of carbonyl (C=O) groups is 1. The van der Waals surface area contributed by atoms with Crippen molar-refractivity contribution in [2.45, 2.75) is 38.0 Å². The van der Waals surface area contributed by atoms with Gasteiger partial charge in [0.05, 0.1) is 16.3 Å². The molecular formula is C16H22N2O5S2. The van der Waals surface area contributed by atoms with Crippen LogP contribution in [0.4, 0.5) is 5.69 Å². The van der Waals surface area contributed by atoms with E-state index in [0.29, 0.717) is 24.6 Å². The Labute approximate surface area is 148 Å². The summed E-state index contributed by atoms with van der Waals surface area (Å²) in [6.07, 6.45) is 1.52. The molecule has 2 aliphatic rings. The summed E-state index contributed by atoms with van der Waals surface area (Å²) < 4.78 is 52.4. The fourth-order valence-electron chi connectivity index (χ4n) is 3.23. The predicted octanol–water partition coefficient (Wildman–Crippen LogP) is 1.48. The van der Waals surface area contributed by atoms with Gasteiger partial charge in [-0.15, -0.1) is 0 Å². The highest BCUT2D eigenvalue weighted by Gasteiger charge is 2.37. The molecule has 3 rings (SSSR count). The summed E-state index contributed by atoms with van der Waals surface area (Å²) in [7, 11) is -7.44. The maximum absolute atomic E-state index is 13.0. The number of benzene rings is 1. The third-order valence-electron chi connectivity index (χ3n) is 4.85. The smallest absolute Gasteiger partial charge is 0.243 e. The first-order chi connectivity index (χ1) is 11.6. The molecule has 0 unspecified atom stereocenters. The van der Waals surface area contributed by atoms with Crippen molar-refractivity contribution in [2.75, 3.05) is 23.1 Å². The van der Waals surface area contributed by atoms with Gasteiger partial charge < -0.3 is 0 Å². The van der Waals surface area contributed by atoms with Crippen LogP contribution < -0.4 is 4.31 Å². The third-order valence-corrected chi connectivity index (χ3v) is 8.58. The molecule has 7 nitrogen and oxygen atoms in total. The predicted molar refractivity (Wildman–Crippen MR) is 94.2 cm³/mol. The average molecular weight is 386 g/mol. The largest absolute Gasteiger partial charge is 0.273 e. The third kappa shape index (κ3) is 3.32. The van der Waals surface area contributed by atoms with E-state index >= 15 is 0 Å². The van der Waals surface area contributed by atoms with Gasteiger partial charge in [0.1, 0.15) is 0 Å². The molecule has 0 spiro atoms. The number of carbonyl (C=O) groups excluding carboxylic acids is 1. The van der Waals surface area contributed by atoms with Gasteiger partial charge in [-0.3, -0.25) is 4.79 Å². The van der Waals surface area contributed by atoms with Crippen LogP contribution in [-0.2, 0) is 24.8 Å². The highest BCUT2D eigenvalue weighted by Crippen LogP contribution is 2.31. The van der Waals surface area contributed by atoms with Crippen molar-refractivity contribution in [1.29, 1.82) is 0 Å². The summed E-state index contributed by atoms with van der Waals surface area (Å²) in [5, 5.41) is 0. The van der Waals surface area contributed by atoms with Gasteiger partial charge in [-0.1, -0.05) is 13.0 Å². The summed E-state index contributed by atoms with van der Waals surface area (Å²) in [6, 6.07) is 4.34. The van der Waals surface area contributed by atoms with Crippen LogP contribution in [0.5, 0.6) is 0 Å². The van der Waals surface area contributed by atoms with E-state index < -0.39 is 26.0 Å². The van der Waals surface area contributed by atoms with Gasteiger partial charge in [0.2, 0.25) is 26.0 Å². The molecule has 0 aliphatic carbocycles. The van der Waals surface area contributed by atoms with Crippen molar-refractivity contribution in [3.05, 3.63) is 23.8 Å². The van der Waals surface area contributed by atoms with Crippen LogP contribution in [0, 0.1) is 12.8 Å². The number of hydrogen-bond acceptors (Lipinski definition) is 5. The molecule has 1 amide bonds. The molecule has 0 radical (unpaired) electrons. The monoisotopic (exact) mass is 386 g/mol. The number of aryl methyl sites for hydroxylation is 1. The van der Waals surface area contributed by atoms with Crippen LogP contribution in [0.3, 0.4) is 0 Å². The first-order valence-electron chi connectivity index (χ1n) is 8.29. The minimum atomic E-state index is -3.72. The molecule has 0 aromatic heterocycles. The molecule has 25 heavy (non-hydrogen) atoms. The quantitative estimate of drug-likeness (QED) is 0.785. The van der Waals surface area contributed by atoms with Crippen molar-refractivity contribution in [1.82, 2.24) is 4.31 Å². The molecule has 0 bridgehead atoms. The van der Waals surface area contributed by atoms with Gasteiger partial charge in [-0.05, 0) is 43.4 Å². The van der Waals surface area contributed by atoms with Gasteiger partial charge in [0.15, 0.2) is 0 Å². The maximum Gasteiger partial charge on any atom is 0.243 e. The van der Waals surface area contributed by atoms with Crippen LogP contribution >= 0.6 is 0 Å². The average Bonchev–Trinajstić information content (AvgIpc) is 2.82. The minimum absolute atomic E-state index is 0.0643. The van der Waals surface area contributed by atoms with Gasteiger partial charge in [0.25, 0.3) is 0 Å². The first-order valence-corrected chi connectivity index (χ1v) is 11.3. The van der Waals surface area contributed by atoms with E-state index in [1.165, 1.54) is 16.4 Å². The molecule has 0 saturated carbocycles. The number of piperidine rings is 1. The number of rotatable bonds is 3. The SMILES string of the molecule is Cc1ccc(N2C(=O)CCS2(=O)=O)cc1S(=O)(=O)N1CCC(C)CC1. The second-order valence-electron chi connectivity index (χ2n) is 6.76. The molecular weight excluding hydrogens is 364 g/mol. The standard InChI is InChI=1S/C16H22N2O5S2/c1-12-5-8-17(9-6-12)25(22,23)15-11-14(4-3-13(15)2)18-16(19)7-10-24(18,20)21/h3-4,11-12H,5-10H2,1-2H3. The van der Waals surface area contributed by atoms with E-state index in [-0.39, 0.29) is 22.8 Å². The minimum Gasteiger partial charge on any atom is -0.273 e. The topological polar surface area (TPSA) is 91.8 Å². The molecule has 1 aromatic rings. The van der Waals surface area contributed by atoms with Crippen LogP contribution in [0.1, 0.15) is 31.7 Å². The normalized spacial score (nSPS) is 22.5. The van der Waals surface area contributed by atoms with E-state index in [2.05, 4.69) is 6.92 Å². The summed E-state index contributed by atoms with van der Waals surface area (Å²) in [4.78, 5) is 12.0. The van der Waals surface area contributed by atoms with Crippen molar-refractivity contribution >= 4 is 31.6 Å². The Morgan fingerprint density at radius 3 is 2.36 bits per heavy atom. The Morgan fingerprint density at radius 2 is 1.80 bits per heavy atom. The van der Waals surface area contributed by atoms with Crippen molar-refractivity contribution in [3.63, 3.8) is 0 Å². The van der Waals surface area contributed by atoms with Crippen molar-refractivity contribution in [2.24, 2.45) is 5.92 Å².